The molecule has 2 nitrogen and oxygen atoms in total. The van der Waals surface area contributed by atoms with Crippen molar-refractivity contribution in [1.29, 1.82) is 0 Å². The van der Waals surface area contributed by atoms with Crippen molar-refractivity contribution in [1.82, 2.24) is 5.32 Å². The van der Waals surface area contributed by atoms with Crippen LogP contribution in [0.2, 0.25) is 0 Å². The Morgan fingerprint density at radius 3 is 2.47 bits per heavy atom. The summed E-state index contributed by atoms with van der Waals surface area (Å²) in [6, 6.07) is 0.409. The van der Waals surface area contributed by atoms with Gasteiger partial charge in [-0.05, 0) is 39.3 Å². The summed E-state index contributed by atoms with van der Waals surface area (Å²) in [7, 11) is 0.797. The van der Waals surface area contributed by atoms with Crippen molar-refractivity contribution in [3.8, 4) is 0 Å². The summed E-state index contributed by atoms with van der Waals surface area (Å²) < 4.78 is 5.64. The van der Waals surface area contributed by atoms with Crippen LogP contribution in [0.15, 0.2) is 12.3 Å². The maximum absolute atomic E-state index is 5.64. The molecule has 0 amide bonds. The average molecular weight is 257 g/mol. The Labute approximate surface area is 111 Å². The molecule has 0 saturated carbocycles. The fraction of sp³-hybridized carbons (Fsp3) is 0.857. The van der Waals surface area contributed by atoms with E-state index in [1.54, 1.807) is 0 Å². The van der Waals surface area contributed by atoms with Crippen LogP contribution in [-0.2, 0) is 4.43 Å². The third-order valence-electron chi connectivity index (χ3n) is 3.41. The van der Waals surface area contributed by atoms with E-state index in [0.717, 1.165) is 16.9 Å². The van der Waals surface area contributed by atoms with Gasteiger partial charge in [0.1, 0.15) is 10.5 Å². The second-order valence-corrected chi connectivity index (χ2v) is 5.60. The molecular weight excluding hydrogens is 226 g/mol. The summed E-state index contributed by atoms with van der Waals surface area (Å²) in [6.45, 7) is 8.78. The fourth-order valence-corrected chi connectivity index (χ4v) is 2.19. The van der Waals surface area contributed by atoms with Crippen LogP contribution in [-0.4, -0.2) is 22.1 Å². The van der Waals surface area contributed by atoms with E-state index < -0.39 is 0 Å². The van der Waals surface area contributed by atoms with Gasteiger partial charge in [0, 0.05) is 0 Å². The number of hydrogen-bond donors (Lipinski definition) is 1. The van der Waals surface area contributed by atoms with Crippen molar-refractivity contribution >= 4 is 10.5 Å². The van der Waals surface area contributed by atoms with Gasteiger partial charge in [0.05, 0.1) is 11.6 Å². The van der Waals surface area contributed by atoms with Crippen molar-refractivity contribution in [2.45, 2.75) is 77.9 Å². The molecule has 3 heteroatoms. The first-order valence-corrected chi connectivity index (χ1v) is 7.86. The molecule has 0 aromatic heterocycles. The Bertz CT molecular complexity index is 204. The van der Waals surface area contributed by atoms with E-state index in [-0.39, 0.29) is 5.60 Å². The molecule has 0 aliphatic heterocycles. The summed E-state index contributed by atoms with van der Waals surface area (Å²) in [4.78, 5) is 0. The maximum Gasteiger partial charge on any atom is 0.146 e. The van der Waals surface area contributed by atoms with Gasteiger partial charge in [-0.1, -0.05) is 39.2 Å². The van der Waals surface area contributed by atoms with Gasteiger partial charge in [-0.25, -0.2) is 0 Å². The van der Waals surface area contributed by atoms with Crippen molar-refractivity contribution in [2.75, 3.05) is 0 Å². The monoisotopic (exact) mass is 257 g/mol. The first kappa shape index (κ1) is 16.7. The zero-order chi connectivity index (χ0) is 13.1. The maximum atomic E-state index is 5.64. The minimum atomic E-state index is -0.0481. The van der Waals surface area contributed by atoms with E-state index in [1.165, 1.54) is 32.1 Å². The van der Waals surface area contributed by atoms with E-state index in [9.17, 15) is 0 Å². The van der Waals surface area contributed by atoms with Gasteiger partial charge in [0.25, 0.3) is 0 Å². The first-order chi connectivity index (χ1) is 8.08. The lowest BCUT2D eigenvalue weighted by atomic mass is 9.97. The molecule has 0 rings (SSSR count). The van der Waals surface area contributed by atoms with Crippen LogP contribution in [0.1, 0.15) is 66.2 Å². The molecule has 17 heavy (non-hydrogen) atoms. The minimum Gasteiger partial charge on any atom is -0.421 e. The molecule has 1 unspecified atom stereocenters. The number of unbranched alkanes of at least 4 members (excludes halogenated alkanes) is 4. The van der Waals surface area contributed by atoms with Crippen molar-refractivity contribution in [3.63, 3.8) is 0 Å². The predicted octanol–water partition coefficient (Wildman–Crippen LogP) is 2.91. The minimum absolute atomic E-state index is 0.0481. The van der Waals surface area contributed by atoms with E-state index in [0.29, 0.717) is 6.04 Å². The van der Waals surface area contributed by atoms with E-state index in [4.69, 9.17) is 4.43 Å². The lowest BCUT2D eigenvalue weighted by Gasteiger charge is -2.33. The first-order valence-electron chi connectivity index (χ1n) is 7.04. The Morgan fingerprint density at radius 1 is 1.24 bits per heavy atom. The molecule has 0 fully saturated rings. The highest BCUT2D eigenvalue weighted by molar-refractivity contribution is 5.98. The fourth-order valence-electron chi connectivity index (χ4n) is 1.91. The highest BCUT2D eigenvalue weighted by Crippen LogP contribution is 2.16. The molecule has 0 aliphatic rings. The van der Waals surface area contributed by atoms with Crippen molar-refractivity contribution in [2.24, 2.45) is 0 Å². The quantitative estimate of drug-likeness (QED) is 0.480. The summed E-state index contributed by atoms with van der Waals surface area (Å²) in [5.41, 5.74) is -0.0481. The highest BCUT2D eigenvalue weighted by atomic mass is 28.2. The third-order valence-corrected chi connectivity index (χ3v) is 4.47. The molecule has 0 aliphatic carbocycles. The lowest BCUT2D eigenvalue weighted by Crippen LogP contribution is -2.45. The van der Waals surface area contributed by atoms with Crippen LogP contribution < -0.4 is 5.32 Å². The van der Waals surface area contributed by atoms with Crippen molar-refractivity contribution < 1.29 is 4.43 Å². The van der Waals surface area contributed by atoms with Crippen LogP contribution in [0.5, 0.6) is 0 Å². The predicted molar refractivity (Wildman–Crippen MR) is 80.2 cm³/mol. The Morgan fingerprint density at radius 2 is 1.94 bits per heavy atom. The number of allylic oxidation sites excluding steroid dienone is 1. The number of hydrogen-bond acceptors (Lipinski definition) is 2. The summed E-state index contributed by atoms with van der Waals surface area (Å²) in [6.07, 6.45) is 12.0. The third kappa shape index (κ3) is 7.61. The molecule has 0 aromatic rings. The molecule has 0 spiro atoms. The molecule has 0 heterocycles. The van der Waals surface area contributed by atoms with Crippen molar-refractivity contribution in [3.05, 3.63) is 12.3 Å². The zero-order valence-corrected chi connectivity index (χ0v) is 14.4. The average Bonchev–Trinajstić information content (AvgIpc) is 2.32. The Hall–Kier alpha value is -0.283. The summed E-state index contributed by atoms with van der Waals surface area (Å²) in [5, 5.41) is 3.47. The van der Waals surface area contributed by atoms with E-state index >= 15 is 0 Å². The second kappa shape index (κ2) is 9.72. The lowest BCUT2D eigenvalue weighted by molar-refractivity contribution is 0.0788. The molecular formula is C14H31NOSi. The number of rotatable bonds is 10. The smallest absolute Gasteiger partial charge is 0.146 e. The topological polar surface area (TPSA) is 21.3 Å². The van der Waals surface area contributed by atoms with Crippen LogP contribution in [0.25, 0.3) is 0 Å². The van der Waals surface area contributed by atoms with Gasteiger partial charge in [-0.2, -0.15) is 0 Å². The molecule has 1 atom stereocenters. The Balaban J connectivity index is 3.79. The van der Waals surface area contributed by atoms with Gasteiger partial charge in [0.15, 0.2) is 0 Å². The molecule has 0 bridgehead atoms. The normalized spacial score (nSPS) is 14.4. The molecule has 0 aromatic carbocycles. The SMILES string of the molecule is CCCCCCC=CNC(CC)C(C)(C)O[SiH3]. The Kier molecular flexibility index (Phi) is 9.56. The zero-order valence-electron chi connectivity index (χ0n) is 12.4. The van der Waals surface area contributed by atoms with Gasteiger partial charge in [-0.3, -0.25) is 0 Å². The largest absolute Gasteiger partial charge is 0.421 e. The highest BCUT2D eigenvalue weighted by Gasteiger charge is 2.25. The van der Waals surface area contributed by atoms with Crippen LogP contribution in [0.3, 0.4) is 0 Å². The summed E-state index contributed by atoms with van der Waals surface area (Å²) in [5.74, 6) is 0. The van der Waals surface area contributed by atoms with Gasteiger partial charge in [-0.15, -0.1) is 0 Å². The molecule has 1 N–H and O–H groups in total. The summed E-state index contributed by atoms with van der Waals surface area (Å²) >= 11 is 0. The van der Waals surface area contributed by atoms with Crippen LogP contribution in [0.4, 0.5) is 0 Å². The van der Waals surface area contributed by atoms with Crippen LogP contribution >= 0.6 is 0 Å². The van der Waals surface area contributed by atoms with Crippen LogP contribution in [0, 0.1) is 0 Å². The second-order valence-electron chi connectivity index (χ2n) is 5.19. The molecule has 102 valence electrons. The van der Waals surface area contributed by atoms with E-state index in [1.807, 2.05) is 0 Å². The van der Waals surface area contributed by atoms with Gasteiger partial charge < -0.3 is 9.74 Å². The number of nitrogens with one attached hydrogen (secondary N) is 1. The standard InChI is InChI=1S/C14H31NOSi/c1-5-7-8-9-10-11-12-15-13(6-2)14(3,4)16-17/h11-13,15H,5-10H2,1-4,17H3. The molecule has 0 radical (unpaired) electrons. The van der Waals surface area contributed by atoms with Gasteiger partial charge >= 0.3 is 0 Å². The molecule has 0 saturated heterocycles. The van der Waals surface area contributed by atoms with Gasteiger partial charge in [0.2, 0.25) is 0 Å². The van der Waals surface area contributed by atoms with E-state index in [2.05, 4.69) is 45.3 Å².